The Morgan fingerprint density at radius 1 is 0.958 bits per heavy atom. The van der Waals surface area contributed by atoms with Crippen molar-refractivity contribution in [3.63, 3.8) is 0 Å². The van der Waals surface area contributed by atoms with Gasteiger partial charge >= 0.3 is 0 Å². The largest absolute Gasteiger partial charge is 0.496 e. The Balaban J connectivity index is 2.44. The molecule has 0 saturated heterocycles. The van der Waals surface area contributed by atoms with Crippen molar-refractivity contribution in [2.75, 3.05) is 12.9 Å². The summed E-state index contributed by atoms with van der Waals surface area (Å²) in [5.41, 5.74) is 3.08. The predicted molar refractivity (Wildman–Crippen MR) is 95.9 cm³/mol. The summed E-state index contributed by atoms with van der Waals surface area (Å²) in [6.07, 6.45) is 1.81. The van der Waals surface area contributed by atoms with E-state index in [-0.39, 0.29) is 5.75 Å². The Morgan fingerprint density at radius 3 is 2.29 bits per heavy atom. The van der Waals surface area contributed by atoms with Crippen molar-refractivity contribution in [2.24, 2.45) is 0 Å². The van der Waals surface area contributed by atoms with Gasteiger partial charge in [0.15, 0.2) is 9.84 Å². The van der Waals surface area contributed by atoms with E-state index in [0.29, 0.717) is 16.2 Å². The molecule has 24 heavy (non-hydrogen) atoms. The molecule has 0 saturated carbocycles. The van der Waals surface area contributed by atoms with Gasteiger partial charge in [-0.05, 0) is 29.8 Å². The zero-order chi connectivity index (χ0) is 17.2. The lowest BCUT2D eigenvalue weighted by atomic mass is 9.96. The van der Waals surface area contributed by atoms with Crippen LogP contribution < -0.4 is 4.74 Å². The van der Waals surface area contributed by atoms with Gasteiger partial charge in [0.2, 0.25) is 0 Å². The molecule has 0 amide bonds. The second kappa shape index (κ2) is 6.53. The Morgan fingerprint density at radius 2 is 1.71 bits per heavy atom. The molecular weight excluding hydrogens is 322 g/mol. The normalized spacial score (nSPS) is 11.4. The number of hydrogen-bond acceptors (Lipinski definition) is 3. The summed E-state index contributed by atoms with van der Waals surface area (Å²) >= 11 is 0. The van der Waals surface area contributed by atoms with E-state index in [0.717, 1.165) is 16.8 Å². The second-order valence-corrected chi connectivity index (χ2v) is 7.62. The van der Waals surface area contributed by atoms with Gasteiger partial charge in [-0.25, -0.2) is 8.42 Å². The molecule has 3 aromatic rings. The first kappa shape index (κ1) is 16.3. The Labute approximate surface area is 142 Å². The van der Waals surface area contributed by atoms with Crippen LogP contribution in [0.5, 0.6) is 5.75 Å². The van der Waals surface area contributed by atoms with Crippen molar-refractivity contribution in [2.45, 2.75) is 11.8 Å². The van der Waals surface area contributed by atoms with E-state index < -0.39 is 9.84 Å². The fourth-order valence-electron chi connectivity index (χ4n) is 2.79. The highest BCUT2D eigenvalue weighted by Gasteiger charge is 2.24. The van der Waals surface area contributed by atoms with E-state index >= 15 is 0 Å². The third kappa shape index (κ3) is 2.83. The van der Waals surface area contributed by atoms with Crippen LogP contribution in [0, 0.1) is 0 Å². The van der Waals surface area contributed by atoms with E-state index in [4.69, 9.17) is 4.74 Å². The Bertz CT molecular complexity index is 930. The number of sulfone groups is 1. The second-order valence-electron chi connectivity index (χ2n) is 5.37. The van der Waals surface area contributed by atoms with E-state index in [1.807, 2.05) is 48.7 Å². The highest BCUT2D eigenvalue weighted by Crippen LogP contribution is 2.42. The SMILES string of the molecule is CCS(=O)(=O)c1ccc(OC)c(-c2ccc[nH]2)c1-c1ccccc1. The van der Waals surface area contributed by atoms with Crippen molar-refractivity contribution in [1.29, 1.82) is 0 Å². The lowest BCUT2D eigenvalue weighted by Crippen LogP contribution is -2.07. The van der Waals surface area contributed by atoms with Gasteiger partial charge in [-0.15, -0.1) is 0 Å². The van der Waals surface area contributed by atoms with Crippen LogP contribution in [-0.2, 0) is 9.84 Å². The van der Waals surface area contributed by atoms with Gasteiger partial charge in [-0.1, -0.05) is 37.3 Å². The van der Waals surface area contributed by atoms with Crippen molar-refractivity contribution in [1.82, 2.24) is 4.98 Å². The minimum Gasteiger partial charge on any atom is -0.496 e. The number of H-pyrrole nitrogens is 1. The molecule has 5 heteroatoms. The van der Waals surface area contributed by atoms with Gasteiger partial charge in [0, 0.05) is 23.0 Å². The first-order chi connectivity index (χ1) is 11.6. The minimum atomic E-state index is -3.38. The smallest absolute Gasteiger partial charge is 0.178 e. The zero-order valence-electron chi connectivity index (χ0n) is 13.6. The molecule has 0 atom stereocenters. The van der Waals surface area contributed by atoms with E-state index in [2.05, 4.69) is 4.98 Å². The van der Waals surface area contributed by atoms with Gasteiger partial charge in [0.1, 0.15) is 5.75 Å². The van der Waals surface area contributed by atoms with Gasteiger partial charge in [-0.3, -0.25) is 0 Å². The molecule has 1 heterocycles. The number of benzene rings is 2. The van der Waals surface area contributed by atoms with Crippen LogP contribution in [0.15, 0.2) is 65.7 Å². The predicted octanol–water partition coefficient (Wildman–Crippen LogP) is 4.15. The molecule has 124 valence electrons. The fourth-order valence-corrected chi connectivity index (χ4v) is 3.91. The summed E-state index contributed by atoms with van der Waals surface area (Å²) in [7, 11) is -1.80. The molecule has 4 nitrogen and oxygen atoms in total. The highest BCUT2D eigenvalue weighted by atomic mass is 32.2. The molecule has 0 spiro atoms. The Hall–Kier alpha value is -2.53. The summed E-state index contributed by atoms with van der Waals surface area (Å²) in [4.78, 5) is 3.48. The van der Waals surface area contributed by atoms with Crippen LogP contribution in [-0.4, -0.2) is 26.3 Å². The minimum absolute atomic E-state index is 0.0450. The molecule has 0 aliphatic rings. The van der Waals surface area contributed by atoms with Crippen LogP contribution in [0.4, 0.5) is 0 Å². The monoisotopic (exact) mass is 341 g/mol. The van der Waals surface area contributed by atoms with E-state index in [9.17, 15) is 8.42 Å². The fraction of sp³-hybridized carbons (Fsp3) is 0.158. The topological polar surface area (TPSA) is 59.2 Å². The first-order valence-corrected chi connectivity index (χ1v) is 9.36. The average molecular weight is 341 g/mol. The molecule has 0 fully saturated rings. The molecule has 1 N–H and O–H groups in total. The first-order valence-electron chi connectivity index (χ1n) is 7.71. The molecule has 1 aromatic heterocycles. The standard InChI is InChI=1S/C19H19NO3S/c1-3-24(21,22)17-12-11-16(23-2)19(15-10-7-13-20-15)18(17)14-8-5-4-6-9-14/h4-13,20H,3H2,1-2H3. The number of methoxy groups -OCH3 is 1. The molecule has 0 radical (unpaired) electrons. The molecule has 0 aliphatic carbocycles. The molecular formula is C19H19NO3S. The van der Waals surface area contributed by atoms with Gasteiger partial charge < -0.3 is 9.72 Å². The highest BCUT2D eigenvalue weighted by molar-refractivity contribution is 7.91. The summed E-state index contributed by atoms with van der Waals surface area (Å²) < 4.78 is 30.8. The van der Waals surface area contributed by atoms with Crippen LogP contribution in [0.3, 0.4) is 0 Å². The van der Waals surface area contributed by atoms with Crippen LogP contribution >= 0.6 is 0 Å². The molecule has 2 aromatic carbocycles. The van der Waals surface area contributed by atoms with Crippen molar-refractivity contribution < 1.29 is 13.2 Å². The number of rotatable bonds is 5. The molecule has 3 rings (SSSR count). The third-order valence-electron chi connectivity index (χ3n) is 3.99. The lowest BCUT2D eigenvalue weighted by Gasteiger charge is -2.17. The van der Waals surface area contributed by atoms with Gasteiger partial charge in [0.05, 0.1) is 17.8 Å². The number of hydrogen-bond donors (Lipinski definition) is 1. The number of nitrogens with one attached hydrogen (secondary N) is 1. The maximum atomic E-state index is 12.7. The van der Waals surface area contributed by atoms with Crippen molar-refractivity contribution in [3.8, 4) is 28.1 Å². The maximum absolute atomic E-state index is 12.7. The number of ether oxygens (including phenoxy) is 1. The summed E-state index contributed by atoms with van der Waals surface area (Å²) in [5, 5.41) is 0. The van der Waals surface area contributed by atoms with Crippen molar-refractivity contribution >= 4 is 9.84 Å². The molecule has 0 aliphatic heterocycles. The van der Waals surface area contributed by atoms with Crippen molar-refractivity contribution in [3.05, 3.63) is 60.8 Å². The summed E-state index contributed by atoms with van der Waals surface area (Å²) in [6, 6.07) is 16.7. The lowest BCUT2D eigenvalue weighted by molar-refractivity contribution is 0.416. The van der Waals surface area contributed by atoms with E-state index in [1.54, 1.807) is 26.2 Å². The summed E-state index contributed by atoms with van der Waals surface area (Å²) in [5.74, 6) is 0.676. The van der Waals surface area contributed by atoms with Gasteiger partial charge in [0.25, 0.3) is 0 Å². The maximum Gasteiger partial charge on any atom is 0.178 e. The number of aromatic amines is 1. The van der Waals surface area contributed by atoms with Crippen LogP contribution in [0.25, 0.3) is 22.4 Å². The molecule has 0 bridgehead atoms. The van der Waals surface area contributed by atoms with Crippen LogP contribution in [0.2, 0.25) is 0 Å². The van der Waals surface area contributed by atoms with Crippen LogP contribution in [0.1, 0.15) is 6.92 Å². The summed E-state index contributed by atoms with van der Waals surface area (Å²) in [6.45, 7) is 1.66. The quantitative estimate of drug-likeness (QED) is 0.758. The third-order valence-corrected chi connectivity index (χ3v) is 5.76. The zero-order valence-corrected chi connectivity index (χ0v) is 14.4. The van der Waals surface area contributed by atoms with Gasteiger partial charge in [-0.2, -0.15) is 0 Å². The number of aromatic nitrogens is 1. The Kier molecular flexibility index (Phi) is 4.44. The average Bonchev–Trinajstić information content (AvgIpc) is 3.15. The van der Waals surface area contributed by atoms with E-state index in [1.165, 1.54) is 0 Å². The molecule has 0 unspecified atom stereocenters.